The number of aliphatic carboxylic acids is 1. The first-order valence-electron chi connectivity index (χ1n) is 8.65. The van der Waals surface area contributed by atoms with Gasteiger partial charge in [0.2, 0.25) is 0 Å². The molecule has 0 bridgehead atoms. The molecule has 1 aromatic rings. The minimum absolute atomic E-state index is 0.0856. The van der Waals surface area contributed by atoms with Crippen LogP contribution >= 0.6 is 0 Å². The summed E-state index contributed by atoms with van der Waals surface area (Å²) < 4.78 is 28.8. The Morgan fingerprint density at radius 2 is 1.92 bits per heavy atom. The number of carboxylic acids is 1. The van der Waals surface area contributed by atoms with Crippen LogP contribution in [0.1, 0.15) is 38.3 Å². The molecule has 0 amide bonds. The molecule has 7 heteroatoms. The Hall–Kier alpha value is -1.73. The molecule has 0 saturated carbocycles. The van der Waals surface area contributed by atoms with Crippen LogP contribution in [0.2, 0.25) is 0 Å². The van der Waals surface area contributed by atoms with E-state index in [0.717, 1.165) is 38.0 Å². The van der Waals surface area contributed by atoms with Crippen molar-refractivity contribution in [3.63, 3.8) is 0 Å². The molecule has 1 saturated heterocycles. The number of carboxylic acid groups (broad SMARTS) is 1. The number of piperidine rings is 1. The van der Waals surface area contributed by atoms with E-state index >= 15 is 0 Å². The Morgan fingerprint density at radius 3 is 2.40 bits per heavy atom. The Kier molecular flexibility index (Phi) is 7.13. The minimum Gasteiger partial charge on any atom is -0.480 e. The van der Waals surface area contributed by atoms with Crippen LogP contribution in [-0.2, 0) is 4.79 Å². The number of alkyl halides is 2. The van der Waals surface area contributed by atoms with Gasteiger partial charge in [-0.3, -0.25) is 14.6 Å². The van der Waals surface area contributed by atoms with Gasteiger partial charge < -0.3 is 9.84 Å². The zero-order chi connectivity index (χ0) is 18.4. The van der Waals surface area contributed by atoms with E-state index in [4.69, 9.17) is 5.11 Å². The topological polar surface area (TPSA) is 53.0 Å². The van der Waals surface area contributed by atoms with Crippen molar-refractivity contribution < 1.29 is 23.4 Å². The molecule has 1 aliphatic heterocycles. The van der Waals surface area contributed by atoms with E-state index in [9.17, 15) is 13.6 Å². The molecular weight excluding hydrogens is 330 g/mol. The average molecular weight is 356 g/mol. The summed E-state index contributed by atoms with van der Waals surface area (Å²) in [7, 11) is 0. The van der Waals surface area contributed by atoms with Crippen LogP contribution in [0.15, 0.2) is 24.3 Å². The fourth-order valence-corrected chi connectivity index (χ4v) is 3.45. The number of likely N-dealkylation sites (tertiary alicyclic amines) is 1. The molecule has 1 unspecified atom stereocenters. The normalized spacial score (nSPS) is 17.8. The number of carbonyl (C=O) groups is 1. The fourth-order valence-electron chi connectivity index (χ4n) is 3.45. The highest BCUT2D eigenvalue weighted by Crippen LogP contribution is 2.27. The molecule has 1 N–H and O–H groups in total. The lowest BCUT2D eigenvalue weighted by atomic mass is 9.99. The smallest absolute Gasteiger partial charge is 0.387 e. The highest BCUT2D eigenvalue weighted by atomic mass is 19.3. The Morgan fingerprint density at radius 1 is 1.32 bits per heavy atom. The zero-order valence-electron chi connectivity index (χ0n) is 14.7. The van der Waals surface area contributed by atoms with Crippen molar-refractivity contribution >= 4 is 5.97 Å². The second-order valence-corrected chi connectivity index (χ2v) is 6.35. The van der Waals surface area contributed by atoms with E-state index in [1.165, 1.54) is 0 Å². The van der Waals surface area contributed by atoms with E-state index < -0.39 is 12.6 Å². The summed E-state index contributed by atoms with van der Waals surface area (Å²) in [4.78, 5) is 15.3. The van der Waals surface area contributed by atoms with Crippen LogP contribution in [0.4, 0.5) is 8.78 Å². The van der Waals surface area contributed by atoms with E-state index in [-0.39, 0.29) is 18.3 Å². The van der Waals surface area contributed by atoms with Gasteiger partial charge >= 0.3 is 12.6 Å². The van der Waals surface area contributed by atoms with E-state index in [0.29, 0.717) is 6.04 Å². The fraction of sp³-hybridized carbons (Fsp3) is 0.611. The van der Waals surface area contributed by atoms with Crippen LogP contribution in [0.3, 0.4) is 0 Å². The van der Waals surface area contributed by atoms with Crippen LogP contribution in [0.5, 0.6) is 5.75 Å². The average Bonchev–Trinajstić information content (AvgIpc) is 2.59. The molecule has 0 aliphatic carbocycles. The quantitative estimate of drug-likeness (QED) is 0.775. The van der Waals surface area contributed by atoms with Gasteiger partial charge in [-0.25, -0.2) is 0 Å². The molecule has 5 nitrogen and oxygen atoms in total. The third kappa shape index (κ3) is 5.64. The number of rotatable bonds is 8. The molecule has 1 aromatic carbocycles. The minimum atomic E-state index is -2.81. The second kappa shape index (κ2) is 9.10. The SMILES string of the molecule is CCN(CC(=O)O)C1CCN(C(C)c2ccc(OC(F)F)cc2)CC1. The maximum Gasteiger partial charge on any atom is 0.387 e. The second-order valence-electron chi connectivity index (χ2n) is 6.35. The number of benzene rings is 1. The number of likely N-dealkylation sites (N-methyl/N-ethyl adjacent to an activating group) is 1. The standard InChI is InChI=1S/C18H26F2N2O3/c1-3-21(12-17(23)24)15-8-10-22(11-9-15)13(2)14-4-6-16(7-5-14)25-18(19)20/h4-7,13,15,18H,3,8-12H2,1-2H3,(H,23,24). The lowest BCUT2D eigenvalue weighted by Gasteiger charge is -2.40. The lowest BCUT2D eigenvalue weighted by Crippen LogP contribution is -2.47. The van der Waals surface area contributed by atoms with Crippen molar-refractivity contribution in [3.8, 4) is 5.75 Å². The summed E-state index contributed by atoms with van der Waals surface area (Å²) in [5.41, 5.74) is 1.05. The number of ether oxygens (including phenoxy) is 1. The van der Waals surface area contributed by atoms with Crippen molar-refractivity contribution in [1.29, 1.82) is 0 Å². The first-order valence-corrected chi connectivity index (χ1v) is 8.65. The summed E-state index contributed by atoms with van der Waals surface area (Å²) in [6, 6.07) is 7.24. The van der Waals surface area contributed by atoms with Gasteiger partial charge in [0.15, 0.2) is 0 Å². The van der Waals surface area contributed by atoms with Crippen molar-refractivity contribution in [2.45, 2.75) is 45.4 Å². The number of halogens is 2. The summed E-state index contributed by atoms with van der Waals surface area (Å²) in [5, 5.41) is 9.00. The molecule has 1 atom stereocenters. The molecule has 1 aliphatic rings. The summed E-state index contributed by atoms with van der Waals surface area (Å²) >= 11 is 0. The predicted octanol–water partition coefficient (Wildman–Crippen LogP) is 3.22. The van der Waals surface area contributed by atoms with E-state index in [2.05, 4.69) is 16.6 Å². The van der Waals surface area contributed by atoms with Crippen LogP contribution in [-0.4, -0.2) is 59.7 Å². The Balaban J connectivity index is 1.90. The molecule has 0 radical (unpaired) electrons. The molecule has 1 heterocycles. The maximum atomic E-state index is 12.2. The van der Waals surface area contributed by atoms with Gasteiger partial charge in [-0.15, -0.1) is 0 Å². The van der Waals surface area contributed by atoms with Crippen LogP contribution in [0.25, 0.3) is 0 Å². The Bertz CT molecular complexity index is 546. The van der Waals surface area contributed by atoms with Gasteiger partial charge in [0.25, 0.3) is 0 Å². The molecule has 0 spiro atoms. The highest BCUT2D eigenvalue weighted by Gasteiger charge is 2.27. The van der Waals surface area contributed by atoms with Gasteiger partial charge in [0, 0.05) is 25.2 Å². The van der Waals surface area contributed by atoms with E-state index in [1.807, 2.05) is 24.0 Å². The van der Waals surface area contributed by atoms with Gasteiger partial charge in [0.05, 0.1) is 6.54 Å². The van der Waals surface area contributed by atoms with Gasteiger partial charge in [0.1, 0.15) is 5.75 Å². The van der Waals surface area contributed by atoms with Crippen LogP contribution in [0, 0.1) is 0 Å². The number of hydrogen-bond donors (Lipinski definition) is 1. The van der Waals surface area contributed by atoms with Gasteiger partial charge in [-0.2, -0.15) is 8.78 Å². The maximum absolute atomic E-state index is 12.2. The molecule has 1 fully saturated rings. The third-order valence-electron chi connectivity index (χ3n) is 4.90. The summed E-state index contributed by atoms with van der Waals surface area (Å²) in [6.45, 7) is 3.86. The highest BCUT2D eigenvalue weighted by molar-refractivity contribution is 5.69. The summed E-state index contributed by atoms with van der Waals surface area (Å²) in [5.74, 6) is -0.624. The Labute approximate surface area is 147 Å². The molecular formula is C18H26F2N2O3. The molecule has 0 aromatic heterocycles. The molecule has 2 rings (SSSR count). The molecule has 25 heavy (non-hydrogen) atoms. The van der Waals surface area contributed by atoms with E-state index in [1.54, 1.807) is 12.1 Å². The summed E-state index contributed by atoms with van der Waals surface area (Å²) in [6.07, 6.45) is 1.86. The first kappa shape index (κ1) is 19.6. The lowest BCUT2D eigenvalue weighted by molar-refractivity contribution is -0.139. The monoisotopic (exact) mass is 356 g/mol. The van der Waals surface area contributed by atoms with Gasteiger partial charge in [-0.1, -0.05) is 19.1 Å². The predicted molar refractivity (Wildman–Crippen MR) is 91.0 cm³/mol. The number of hydrogen-bond acceptors (Lipinski definition) is 4. The van der Waals surface area contributed by atoms with Gasteiger partial charge in [-0.05, 0) is 44.0 Å². The van der Waals surface area contributed by atoms with Crippen LogP contribution < -0.4 is 4.74 Å². The van der Waals surface area contributed by atoms with Crippen molar-refractivity contribution in [1.82, 2.24) is 9.80 Å². The zero-order valence-corrected chi connectivity index (χ0v) is 14.7. The largest absolute Gasteiger partial charge is 0.480 e. The van der Waals surface area contributed by atoms with Crippen molar-refractivity contribution in [2.24, 2.45) is 0 Å². The first-order chi connectivity index (χ1) is 11.9. The third-order valence-corrected chi connectivity index (χ3v) is 4.90. The molecule has 140 valence electrons. The number of nitrogens with zero attached hydrogens (tertiary/aromatic N) is 2. The van der Waals surface area contributed by atoms with Crippen molar-refractivity contribution in [3.05, 3.63) is 29.8 Å². The van der Waals surface area contributed by atoms with Crippen molar-refractivity contribution in [2.75, 3.05) is 26.2 Å².